The van der Waals surface area contributed by atoms with Gasteiger partial charge < -0.3 is 4.74 Å². The van der Waals surface area contributed by atoms with Crippen LogP contribution in [0.1, 0.15) is 5.56 Å². The van der Waals surface area contributed by atoms with Gasteiger partial charge in [0.1, 0.15) is 6.07 Å². The molecule has 0 aliphatic rings. The van der Waals surface area contributed by atoms with Crippen LogP contribution in [0.4, 0.5) is 0 Å². The Kier molecular flexibility index (Phi) is 2.29. The van der Waals surface area contributed by atoms with Crippen LogP contribution in [0.3, 0.4) is 0 Å². The molecule has 3 nitrogen and oxygen atoms in total. The third-order valence-corrected chi connectivity index (χ3v) is 1.46. The van der Waals surface area contributed by atoms with Crippen LogP contribution >= 0.6 is 11.6 Å². The number of pyridine rings is 1. The Morgan fingerprint density at radius 3 is 3.00 bits per heavy atom. The van der Waals surface area contributed by atoms with E-state index in [9.17, 15) is 0 Å². The Balaban J connectivity index is 3.15. The van der Waals surface area contributed by atoms with E-state index in [4.69, 9.17) is 21.6 Å². The normalized spacial score (nSPS) is 8.82. The Morgan fingerprint density at radius 2 is 2.45 bits per heavy atom. The van der Waals surface area contributed by atoms with Crippen molar-refractivity contribution in [3.05, 3.63) is 22.8 Å². The van der Waals surface area contributed by atoms with Crippen LogP contribution in [0.25, 0.3) is 0 Å². The zero-order valence-electron chi connectivity index (χ0n) is 5.84. The molecule has 56 valence electrons. The van der Waals surface area contributed by atoms with Crippen molar-refractivity contribution in [3.63, 3.8) is 0 Å². The minimum absolute atomic E-state index is 0.341. The fraction of sp³-hybridized carbons (Fsp3) is 0.143. The van der Waals surface area contributed by atoms with Gasteiger partial charge >= 0.3 is 0 Å². The zero-order chi connectivity index (χ0) is 8.27. The first kappa shape index (κ1) is 7.83. The molecule has 11 heavy (non-hydrogen) atoms. The number of hydrogen-bond donors (Lipinski definition) is 0. The van der Waals surface area contributed by atoms with Gasteiger partial charge in [-0.2, -0.15) is 5.26 Å². The predicted molar refractivity (Wildman–Crippen MR) is 40.5 cm³/mol. The number of ether oxygens (including phenoxy) is 1. The fourth-order valence-corrected chi connectivity index (χ4v) is 0.762. The molecule has 0 spiro atoms. The molecule has 0 radical (unpaired) electrons. The van der Waals surface area contributed by atoms with E-state index in [1.54, 1.807) is 0 Å². The van der Waals surface area contributed by atoms with Crippen LogP contribution in [0.5, 0.6) is 5.88 Å². The summed E-state index contributed by atoms with van der Waals surface area (Å²) in [6.07, 6.45) is 1.39. The second-order valence-corrected chi connectivity index (χ2v) is 2.23. The second kappa shape index (κ2) is 3.22. The van der Waals surface area contributed by atoms with Gasteiger partial charge in [-0.3, -0.25) is 0 Å². The standard InChI is InChI=1S/C7H5ClN2O/c1-11-7-2-5(3-9)6(8)4-10-7/h2,4H,1H3. The summed E-state index contributed by atoms with van der Waals surface area (Å²) in [6.45, 7) is 0. The number of nitriles is 1. The SMILES string of the molecule is COc1cc(C#N)c(Cl)cn1. The summed E-state index contributed by atoms with van der Waals surface area (Å²) in [5, 5.41) is 8.86. The third-order valence-electron chi connectivity index (χ3n) is 1.16. The largest absolute Gasteiger partial charge is 0.481 e. The average molecular weight is 169 g/mol. The second-order valence-electron chi connectivity index (χ2n) is 1.82. The molecule has 0 bridgehead atoms. The Hall–Kier alpha value is -1.27. The molecule has 1 rings (SSSR count). The number of halogens is 1. The summed E-state index contributed by atoms with van der Waals surface area (Å²) in [5.74, 6) is 0.394. The molecule has 1 aromatic heterocycles. The summed E-state index contributed by atoms with van der Waals surface area (Å²) < 4.78 is 4.79. The fourth-order valence-electron chi connectivity index (χ4n) is 0.617. The Bertz CT molecular complexity index is 306. The summed E-state index contributed by atoms with van der Waals surface area (Å²) in [4.78, 5) is 3.80. The van der Waals surface area contributed by atoms with Crippen molar-refractivity contribution in [2.45, 2.75) is 0 Å². The van der Waals surface area contributed by atoms with E-state index in [0.29, 0.717) is 16.5 Å². The molecular weight excluding hydrogens is 164 g/mol. The van der Waals surface area contributed by atoms with Crippen molar-refractivity contribution in [1.82, 2.24) is 4.98 Å². The topological polar surface area (TPSA) is 45.9 Å². The van der Waals surface area contributed by atoms with E-state index in [2.05, 4.69) is 4.98 Å². The van der Waals surface area contributed by atoms with E-state index in [0.717, 1.165) is 0 Å². The highest BCUT2D eigenvalue weighted by Gasteiger charge is 2.00. The van der Waals surface area contributed by atoms with Gasteiger partial charge in [0, 0.05) is 6.07 Å². The van der Waals surface area contributed by atoms with E-state index in [1.165, 1.54) is 19.4 Å². The van der Waals surface area contributed by atoms with Gasteiger partial charge in [-0.1, -0.05) is 11.6 Å². The molecule has 0 unspecified atom stereocenters. The van der Waals surface area contributed by atoms with Crippen molar-refractivity contribution < 1.29 is 4.74 Å². The van der Waals surface area contributed by atoms with Crippen LogP contribution in [-0.2, 0) is 0 Å². The zero-order valence-corrected chi connectivity index (χ0v) is 6.59. The smallest absolute Gasteiger partial charge is 0.214 e. The number of hydrogen-bond acceptors (Lipinski definition) is 3. The molecule has 0 aliphatic heterocycles. The Labute approximate surface area is 69.2 Å². The number of nitrogens with zero attached hydrogens (tertiary/aromatic N) is 2. The Morgan fingerprint density at radius 1 is 1.73 bits per heavy atom. The summed E-state index contributed by atoms with van der Waals surface area (Å²) in [5.41, 5.74) is 0.374. The van der Waals surface area contributed by atoms with E-state index in [-0.39, 0.29) is 0 Å². The molecule has 0 saturated heterocycles. The summed E-state index contributed by atoms with van der Waals surface area (Å²) in [7, 11) is 1.48. The van der Waals surface area contributed by atoms with E-state index < -0.39 is 0 Å². The van der Waals surface area contributed by atoms with Crippen LogP contribution in [0.2, 0.25) is 5.02 Å². The molecule has 0 N–H and O–H groups in total. The molecule has 1 heterocycles. The monoisotopic (exact) mass is 168 g/mol. The molecular formula is C7H5ClN2O. The lowest BCUT2D eigenvalue weighted by Gasteiger charge is -1.98. The van der Waals surface area contributed by atoms with Crippen molar-refractivity contribution >= 4 is 11.6 Å². The van der Waals surface area contributed by atoms with E-state index >= 15 is 0 Å². The first-order valence-corrected chi connectivity index (χ1v) is 3.25. The number of rotatable bonds is 1. The summed E-state index contributed by atoms with van der Waals surface area (Å²) >= 11 is 5.61. The summed E-state index contributed by atoms with van der Waals surface area (Å²) in [6, 6.07) is 3.41. The quantitative estimate of drug-likeness (QED) is 0.640. The highest BCUT2D eigenvalue weighted by atomic mass is 35.5. The van der Waals surface area contributed by atoms with Gasteiger partial charge in [-0.25, -0.2) is 4.98 Å². The number of methoxy groups -OCH3 is 1. The van der Waals surface area contributed by atoms with Gasteiger partial charge in [-0.05, 0) is 0 Å². The van der Waals surface area contributed by atoms with Gasteiger partial charge in [0.25, 0.3) is 0 Å². The highest BCUT2D eigenvalue weighted by Crippen LogP contribution is 2.17. The molecule has 4 heteroatoms. The average Bonchev–Trinajstić information content (AvgIpc) is 2.05. The maximum Gasteiger partial charge on any atom is 0.214 e. The number of aromatic nitrogens is 1. The third kappa shape index (κ3) is 1.60. The lowest BCUT2D eigenvalue weighted by atomic mass is 10.3. The molecule has 1 aromatic rings. The van der Waals surface area contributed by atoms with Gasteiger partial charge in [0.05, 0.1) is 23.9 Å². The minimum Gasteiger partial charge on any atom is -0.481 e. The lowest BCUT2D eigenvalue weighted by Crippen LogP contribution is -1.88. The van der Waals surface area contributed by atoms with Crippen LogP contribution < -0.4 is 4.74 Å². The first-order valence-electron chi connectivity index (χ1n) is 2.87. The lowest BCUT2D eigenvalue weighted by molar-refractivity contribution is 0.398. The minimum atomic E-state index is 0.341. The first-order chi connectivity index (χ1) is 5.27. The van der Waals surface area contributed by atoms with E-state index in [1.807, 2.05) is 6.07 Å². The molecule has 0 fully saturated rings. The van der Waals surface area contributed by atoms with Gasteiger partial charge in [-0.15, -0.1) is 0 Å². The van der Waals surface area contributed by atoms with Crippen LogP contribution in [0.15, 0.2) is 12.3 Å². The van der Waals surface area contributed by atoms with Crippen molar-refractivity contribution in [1.29, 1.82) is 5.26 Å². The maximum absolute atomic E-state index is 8.52. The molecule has 0 atom stereocenters. The predicted octanol–water partition coefficient (Wildman–Crippen LogP) is 1.62. The van der Waals surface area contributed by atoms with Gasteiger partial charge in [0.15, 0.2) is 0 Å². The van der Waals surface area contributed by atoms with Crippen molar-refractivity contribution in [2.24, 2.45) is 0 Å². The highest BCUT2D eigenvalue weighted by molar-refractivity contribution is 6.31. The van der Waals surface area contributed by atoms with Crippen LogP contribution in [-0.4, -0.2) is 12.1 Å². The van der Waals surface area contributed by atoms with Gasteiger partial charge in [0.2, 0.25) is 5.88 Å². The van der Waals surface area contributed by atoms with Crippen molar-refractivity contribution in [2.75, 3.05) is 7.11 Å². The molecule has 0 amide bonds. The molecule has 0 aromatic carbocycles. The molecule has 0 aliphatic carbocycles. The molecule has 0 saturated carbocycles. The van der Waals surface area contributed by atoms with Crippen molar-refractivity contribution in [3.8, 4) is 11.9 Å². The maximum atomic E-state index is 8.52. The van der Waals surface area contributed by atoms with Crippen LogP contribution in [0, 0.1) is 11.3 Å².